The second-order valence-electron chi connectivity index (χ2n) is 6.43. The summed E-state index contributed by atoms with van der Waals surface area (Å²) >= 11 is 5.58. The van der Waals surface area contributed by atoms with Crippen LogP contribution in [0.1, 0.15) is 39.3 Å². The first-order valence-electron chi connectivity index (χ1n) is 8.11. The highest BCUT2D eigenvalue weighted by Gasteiger charge is 2.34. The van der Waals surface area contributed by atoms with E-state index >= 15 is 0 Å². The molecule has 0 fully saturated rings. The van der Waals surface area contributed by atoms with Crippen LogP contribution in [0, 0.1) is 17.7 Å². The second-order valence-corrected chi connectivity index (χ2v) is 9.28. The SMILES string of the molecule is Cc1ccc(C(=O)N2c3ccc(C)cc3-c3c(ssc3=S)[C@H]2C)cc1. The van der Waals surface area contributed by atoms with E-state index in [0.717, 1.165) is 26.2 Å². The van der Waals surface area contributed by atoms with Crippen LogP contribution in [0.4, 0.5) is 5.69 Å². The van der Waals surface area contributed by atoms with Crippen molar-refractivity contribution in [2.75, 3.05) is 4.90 Å². The maximum Gasteiger partial charge on any atom is 0.258 e. The fraction of sp³-hybridized carbons (Fsp3) is 0.200. The van der Waals surface area contributed by atoms with Gasteiger partial charge in [-0.25, -0.2) is 0 Å². The molecule has 2 heterocycles. The average Bonchev–Trinajstić information content (AvgIpc) is 2.98. The van der Waals surface area contributed by atoms with Crippen LogP contribution in [-0.2, 0) is 0 Å². The van der Waals surface area contributed by atoms with Crippen molar-refractivity contribution < 1.29 is 4.79 Å². The molecular weight excluding hydrogens is 366 g/mol. The van der Waals surface area contributed by atoms with E-state index in [4.69, 9.17) is 12.2 Å². The van der Waals surface area contributed by atoms with Crippen LogP contribution in [0.2, 0.25) is 0 Å². The van der Waals surface area contributed by atoms with Crippen molar-refractivity contribution in [3.63, 3.8) is 0 Å². The third kappa shape index (κ3) is 2.67. The fourth-order valence-electron chi connectivity index (χ4n) is 3.29. The summed E-state index contributed by atoms with van der Waals surface area (Å²) in [5, 5.41) is 0. The number of aryl methyl sites for hydroxylation is 2. The summed E-state index contributed by atoms with van der Waals surface area (Å²) in [5.74, 6) is 0.0348. The Hall–Kier alpha value is -1.82. The van der Waals surface area contributed by atoms with Gasteiger partial charge in [0.15, 0.2) is 0 Å². The van der Waals surface area contributed by atoms with Crippen LogP contribution in [0.5, 0.6) is 0 Å². The minimum absolute atomic E-state index is 0.0167. The standard InChI is InChI=1S/C20H17NOS3/c1-11-4-7-14(8-5-11)19(22)21-13(3)18-17(20(23)25-24-18)15-10-12(2)6-9-16(15)21/h4-10,13H,1-3H3/t13-/m1/s1. The predicted octanol–water partition coefficient (Wildman–Crippen LogP) is 6.54. The monoisotopic (exact) mass is 383 g/mol. The zero-order valence-electron chi connectivity index (χ0n) is 14.2. The maximum absolute atomic E-state index is 13.3. The number of rotatable bonds is 1. The summed E-state index contributed by atoms with van der Waals surface area (Å²) in [7, 11) is 3.32. The Balaban J connectivity index is 1.91. The third-order valence-corrected chi connectivity index (χ3v) is 7.85. The van der Waals surface area contributed by atoms with Crippen LogP contribution in [-0.4, -0.2) is 5.91 Å². The highest BCUT2D eigenvalue weighted by atomic mass is 32.9. The molecule has 0 aliphatic carbocycles. The van der Waals surface area contributed by atoms with Crippen molar-refractivity contribution in [1.82, 2.24) is 0 Å². The maximum atomic E-state index is 13.3. The topological polar surface area (TPSA) is 20.3 Å². The van der Waals surface area contributed by atoms with Gasteiger partial charge in [-0.2, -0.15) is 0 Å². The van der Waals surface area contributed by atoms with Crippen LogP contribution in [0.15, 0.2) is 42.5 Å². The van der Waals surface area contributed by atoms with Gasteiger partial charge in [0.05, 0.1) is 11.7 Å². The predicted molar refractivity (Wildman–Crippen MR) is 110 cm³/mol. The Morgan fingerprint density at radius 1 is 1.04 bits per heavy atom. The van der Waals surface area contributed by atoms with E-state index in [9.17, 15) is 4.79 Å². The molecule has 2 nitrogen and oxygen atoms in total. The minimum atomic E-state index is -0.0167. The highest BCUT2D eigenvalue weighted by Crippen LogP contribution is 2.49. The van der Waals surface area contributed by atoms with Crippen molar-refractivity contribution >= 4 is 44.5 Å². The second kappa shape index (κ2) is 6.16. The molecule has 0 unspecified atom stereocenters. The molecule has 126 valence electrons. The molecule has 1 atom stereocenters. The van der Waals surface area contributed by atoms with Crippen LogP contribution < -0.4 is 4.90 Å². The third-order valence-electron chi connectivity index (χ3n) is 4.62. The van der Waals surface area contributed by atoms with E-state index in [2.05, 4.69) is 26.0 Å². The Bertz CT molecular complexity index is 1030. The quantitative estimate of drug-likeness (QED) is 0.351. The lowest BCUT2D eigenvalue weighted by molar-refractivity contribution is 0.0978. The van der Waals surface area contributed by atoms with Gasteiger partial charge in [0.1, 0.15) is 3.82 Å². The van der Waals surface area contributed by atoms with E-state index in [1.807, 2.05) is 42.2 Å². The highest BCUT2D eigenvalue weighted by molar-refractivity contribution is 7.80. The molecule has 1 aliphatic rings. The van der Waals surface area contributed by atoms with Gasteiger partial charge in [-0.15, -0.1) is 0 Å². The van der Waals surface area contributed by atoms with Crippen LogP contribution >= 0.6 is 32.9 Å². The van der Waals surface area contributed by atoms with Gasteiger partial charge in [-0.1, -0.05) is 62.2 Å². The molecule has 5 heteroatoms. The number of hydrogen-bond acceptors (Lipinski definition) is 4. The summed E-state index contributed by atoms with van der Waals surface area (Å²) in [5.41, 5.74) is 6.21. The Morgan fingerprint density at radius 2 is 1.72 bits per heavy atom. The molecular formula is C20H17NOS3. The number of nitrogens with zero attached hydrogens (tertiary/aromatic N) is 1. The van der Waals surface area contributed by atoms with Gasteiger partial charge < -0.3 is 0 Å². The molecule has 2 aromatic carbocycles. The summed E-state index contributed by atoms with van der Waals surface area (Å²) in [6.45, 7) is 6.19. The van der Waals surface area contributed by atoms with Gasteiger partial charge in [-0.05, 0) is 45.0 Å². The Kier molecular flexibility index (Phi) is 4.10. The largest absolute Gasteiger partial charge is 0.300 e. The number of anilines is 1. The zero-order chi connectivity index (χ0) is 17.7. The number of benzene rings is 2. The first-order valence-corrected chi connectivity index (χ1v) is 10.7. The van der Waals surface area contributed by atoms with Crippen molar-refractivity contribution in [3.8, 4) is 11.1 Å². The lowest BCUT2D eigenvalue weighted by Gasteiger charge is -2.35. The van der Waals surface area contributed by atoms with Crippen molar-refractivity contribution in [1.29, 1.82) is 0 Å². The van der Waals surface area contributed by atoms with E-state index in [0.29, 0.717) is 5.56 Å². The lowest BCUT2D eigenvalue weighted by atomic mass is 9.94. The van der Waals surface area contributed by atoms with Gasteiger partial charge in [0, 0.05) is 21.6 Å². The molecule has 0 N–H and O–H groups in total. The fourth-order valence-corrected chi connectivity index (χ4v) is 6.37. The minimum Gasteiger partial charge on any atom is -0.300 e. The smallest absolute Gasteiger partial charge is 0.258 e. The normalized spacial score (nSPS) is 15.6. The molecule has 0 saturated carbocycles. The van der Waals surface area contributed by atoms with E-state index < -0.39 is 0 Å². The van der Waals surface area contributed by atoms with Crippen molar-refractivity contribution in [3.05, 3.63) is 67.9 Å². The van der Waals surface area contributed by atoms with Crippen LogP contribution in [0.3, 0.4) is 0 Å². The summed E-state index contributed by atoms with van der Waals surface area (Å²) in [6, 6.07) is 14.0. The average molecular weight is 384 g/mol. The molecule has 25 heavy (non-hydrogen) atoms. The summed E-state index contributed by atoms with van der Waals surface area (Å²) in [4.78, 5) is 16.4. The molecule has 1 aliphatic heterocycles. The number of amides is 1. The molecule has 0 spiro atoms. The summed E-state index contributed by atoms with van der Waals surface area (Å²) < 4.78 is 0.918. The van der Waals surface area contributed by atoms with Crippen molar-refractivity contribution in [2.45, 2.75) is 26.8 Å². The van der Waals surface area contributed by atoms with Gasteiger partial charge in [-0.3, -0.25) is 9.69 Å². The molecule has 1 amide bonds. The van der Waals surface area contributed by atoms with E-state index in [1.165, 1.54) is 10.4 Å². The first-order chi connectivity index (χ1) is 12.0. The summed E-state index contributed by atoms with van der Waals surface area (Å²) in [6.07, 6.45) is 0. The number of fused-ring (bicyclic) bond motifs is 3. The van der Waals surface area contributed by atoms with Gasteiger partial charge in [0.2, 0.25) is 0 Å². The van der Waals surface area contributed by atoms with Gasteiger partial charge >= 0.3 is 0 Å². The lowest BCUT2D eigenvalue weighted by Crippen LogP contribution is -2.35. The van der Waals surface area contributed by atoms with Gasteiger partial charge in [0.25, 0.3) is 5.91 Å². The molecule has 0 bridgehead atoms. The molecule has 4 rings (SSSR count). The molecule has 0 radical (unpaired) electrons. The van der Waals surface area contributed by atoms with Crippen molar-refractivity contribution in [2.24, 2.45) is 0 Å². The van der Waals surface area contributed by atoms with E-state index in [1.54, 1.807) is 20.7 Å². The number of hydrogen-bond donors (Lipinski definition) is 0. The molecule has 1 aromatic heterocycles. The number of carbonyl (C=O) groups excluding carboxylic acids is 1. The Morgan fingerprint density at radius 3 is 2.44 bits per heavy atom. The number of carbonyl (C=O) groups is 1. The van der Waals surface area contributed by atoms with E-state index in [-0.39, 0.29) is 11.9 Å². The van der Waals surface area contributed by atoms with Crippen LogP contribution in [0.25, 0.3) is 11.1 Å². The molecule has 3 aromatic rings. The Labute approximate surface area is 159 Å². The zero-order valence-corrected chi connectivity index (χ0v) is 16.6. The first kappa shape index (κ1) is 16.6. The molecule has 0 saturated heterocycles.